The van der Waals surface area contributed by atoms with E-state index in [0.29, 0.717) is 0 Å². The van der Waals surface area contributed by atoms with Crippen LogP contribution >= 0.6 is 0 Å². The third kappa shape index (κ3) is 3.33. The normalized spacial score (nSPS) is 8.12. The highest BCUT2D eigenvalue weighted by atomic mass is 16.5. The lowest BCUT2D eigenvalue weighted by molar-refractivity contribution is -0.138. The van der Waals surface area contributed by atoms with Crippen LogP contribution < -0.4 is 0 Å². The molecule has 0 heterocycles. The first kappa shape index (κ1) is 7.14. The predicted molar refractivity (Wildman–Crippen MR) is 26.4 cm³/mol. The molecule has 2 radical (unpaired) electrons. The second-order valence-electron chi connectivity index (χ2n) is 1.16. The van der Waals surface area contributed by atoms with Crippen LogP contribution in [0.1, 0.15) is 12.8 Å². The maximum absolute atomic E-state index is 10.1. The second kappa shape index (κ2) is 4.30. The zero-order valence-corrected chi connectivity index (χ0v) is 4.35. The fourth-order valence-corrected chi connectivity index (χ4v) is 0.225. The number of esters is 1. The van der Waals surface area contributed by atoms with Crippen molar-refractivity contribution in [2.24, 2.45) is 0 Å². The summed E-state index contributed by atoms with van der Waals surface area (Å²) in [6, 6.07) is 0. The Morgan fingerprint density at radius 2 is 2.38 bits per heavy atom. The Kier molecular flexibility index (Phi) is 3.84. The lowest BCUT2D eigenvalue weighted by atomic mass is 10.3. The van der Waals surface area contributed by atoms with E-state index in [9.17, 15) is 9.59 Å². The van der Waals surface area contributed by atoms with Crippen molar-refractivity contribution in [1.82, 2.24) is 0 Å². The summed E-state index contributed by atoms with van der Waals surface area (Å²) in [5, 5.41) is 0. The van der Waals surface area contributed by atoms with Crippen molar-refractivity contribution in [2.75, 3.05) is 0 Å². The van der Waals surface area contributed by atoms with E-state index < -0.39 is 5.97 Å². The highest BCUT2D eigenvalue weighted by Crippen LogP contribution is 1.86. The monoisotopic (exact) mass is 114 g/mol. The van der Waals surface area contributed by atoms with Crippen molar-refractivity contribution < 1.29 is 14.3 Å². The molecule has 0 aromatic rings. The van der Waals surface area contributed by atoms with Gasteiger partial charge < -0.3 is 4.74 Å². The van der Waals surface area contributed by atoms with Crippen molar-refractivity contribution in [3.05, 3.63) is 7.11 Å². The molecular weight excluding hydrogens is 108 g/mol. The van der Waals surface area contributed by atoms with Gasteiger partial charge in [0.15, 0.2) is 6.29 Å². The van der Waals surface area contributed by atoms with Crippen LogP contribution in [0.25, 0.3) is 0 Å². The lowest BCUT2D eigenvalue weighted by Gasteiger charge is -1.89. The van der Waals surface area contributed by atoms with Gasteiger partial charge in [-0.15, -0.1) is 0 Å². The summed E-state index contributed by atoms with van der Waals surface area (Å²) in [6.45, 7) is 0. The van der Waals surface area contributed by atoms with E-state index in [1.807, 2.05) is 0 Å². The van der Waals surface area contributed by atoms with E-state index >= 15 is 0 Å². The first-order valence-corrected chi connectivity index (χ1v) is 2.11. The van der Waals surface area contributed by atoms with Crippen LogP contribution in [0.3, 0.4) is 0 Å². The van der Waals surface area contributed by atoms with Crippen LogP contribution in [0.15, 0.2) is 0 Å². The largest absolute Gasteiger partial charge is 0.462 e. The topological polar surface area (TPSA) is 43.4 Å². The molecule has 8 heavy (non-hydrogen) atoms. The molecule has 0 aliphatic heterocycles. The summed E-state index contributed by atoms with van der Waals surface area (Å²) in [7, 11) is 2.86. The third-order valence-electron chi connectivity index (χ3n) is 0.592. The molecule has 0 aliphatic rings. The Hall–Kier alpha value is -0.860. The van der Waals surface area contributed by atoms with Crippen LogP contribution in [-0.2, 0) is 14.3 Å². The highest BCUT2D eigenvalue weighted by Gasteiger charge is 1.96. The standard InChI is InChI=1S/C5H6O3/c1-8-5(7)3-2-4-6/h1-3H2. The summed E-state index contributed by atoms with van der Waals surface area (Å²) >= 11 is 0. The second-order valence-corrected chi connectivity index (χ2v) is 1.16. The van der Waals surface area contributed by atoms with Gasteiger partial charge in [0.25, 0.3) is 0 Å². The minimum absolute atomic E-state index is 0.0764. The van der Waals surface area contributed by atoms with Gasteiger partial charge in [0.2, 0.25) is 0 Å². The molecule has 0 saturated heterocycles. The van der Waals surface area contributed by atoms with Gasteiger partial charge in [0, 0.05) is 6.42 Å². The number of rotatable bonds is 3. The molecule has 0 amide bonds. The molecule has 0 aromatic carbocycles. The quantitative estimate of drug-likeness (QED) is 0.492. The molecule has 0 fully saturated rings. The Labute approximate surface area is 47.6 Å². The highest BCUT2D eigenvalue weighted by molar-refractivity contribution is 5.72. The van der Waals surface area contributed by atoms with Crippen molar-refractivity contribution in [1.29, 1.82) is 0 Å². The average Bonchev–Trinajstić information content (AvgIpc) is 1.83. The van der Waals surface area contributed by atoms with E-state index in [1.54, 1.807) is 6.29 Å². The first-order chi connectivity index (χ1) is 3.81. The summed E-state index contributed by atoms with van der Waals surface area (Å²) in [5.74, 6) is -0.478. The van der Waals surface area contributed by atoms with Crippen LogP contribution in [0.2, 0.25) is 0 Å². The Morgan fingerprint density at radius 1 is 1.75 bits per heavy atom. The minimum atomic E-state index is -0.478. The third-order valence-corrected chi connectivity index (χ3v) is 0.592. The van der Waals surface area contributed by atoms with Gasteiger partial charge in [-0.1, -0.05) is 0 Å². The Bertz CT molecular complexity index is 87.7. The van der Waals surface area contributed by atoms with Gasteiger partial charge >= 0.3 is 5.97 Å². The van der Waals surface area contributed by atoms with E-state index in [-0.39, 0.29) is 12.8 Å². The molecule has 0 saturated carbocycles. The average molecular weight is 114 g/mol. The fourth-order valence-electron chi connectivity index (χ4n) is 0.225. The molecule has 0 unspecified atom stereocenters. The number of carbonyl (C=O) groups excluding carboxylic acids is 2. The first-order valence-electron chi connectivity index (χ1n) is 2.11. The summed E-state index contributed by atoms with van der Waals surface area (Å²) in [6.07, 6.45) is 1.72. The van der Waals surface area contributed by atoms with Crippen LogP contribution in [0.4, 0.5) is 0 Å². The van der Waals surface area contributed by atoms with Gasteiger partial charge in [-0.2, -0.15) is 0 Å². The molecule has 0 spiro atoms. The molecular formula is C5H6O3. The number of hydrogen-bond donors (Lipinski definition) is 0. The van der Waals surface area contributed by atoms with E-state index in [4.69, 9.17) is 0 Å². The smallest absolute Gasteiger partial charge is 0.306 e. The van der Waals surface area contributed by atoms with Crippen LogP contribution in [0.5, 0.6) is 0 Å². The van der Waals surface area contributed by atoms with E-state index in [2.05, 4.69) is 11.8 Å². The lowest BCUT2D eigenvalue weighted by Crippen LogP contribution is -1.97. The van der Waals surface area contributed by atoms with Crippen LogP contribution in [0, 0.1) is 7.11 Å². The predicted octanol–water partition coefficient (Wildman–Crippen LogP) is 0.211. The van der Waals surface area contributed by atoms with E-state index in [1.165, 1.54) is 0 Å². The summed E-state index contributed by atoms with van der Waals surface area (Å²) < 4.78 is 3.98. The molecule has 0 bridgehead atoms. The van der Waals surface area contributed by atoms with E-state index in [0.717, 1.165) is 0 Å². The summed E-state index contributed by atoms with van der Waals surface area (Å²) in [4.78, 5) is 19.6. The van der Waals surface area contributed by atoms with Gasteiger partial charge in [0.1, 0.15) is 7.11 Å². The minimum Gasteiger partial charge on any atom is -0.462 e. The van der Waals surface area contributed by atoms with Gasteiger partial charge in [-0.05, 0) is 0 Å². The Morgan fingerprint density at radius 3 is 2.75 bits per heavy atom. The number of carbonyl (C=O) groups is 1. The Balaban J connectivity index is 3.11. The van der Waals surface area contributed by atoms with Gasteiger partial charge in [-0.3, -0.25) is 9.59 Å². The molecule has 0 rings (SSSR count). The van der Waals surface area contributed by atoms with Crippen molar-refractivity contribution in [2.45, 2.75) is 12.8 Å². The fraction of sp³-hybridized carbons (Fsp3) is 0.400. The zero-order valence-electron chi connectivity index (χ0n) is 4.35. The molecule has 0 N–H and O–H groups in total. The number of ether oxygens (including phenoxy) is 1. The maximum atomic E-state index is 10.1. The zero-order chi connectivity index (χ0) is 6.41. The molecule has 3 heteroatoms. The van der Waals surface area contributed by atoms with Gasteiger partial charge in [-0.25, -0.2) is 0 Å². The van der Waals surface area contributed by atoms with Crippen molar-refractivity contribution in [3.63, 3.8) is 0 Å². The van der Waals surface area contributed by atoms with Crippen molar-refractivity contribution in [3.8, 4) is 0 Å². The molecule has 3 nitrogen and oxygen atoms in total. The molecule has 0 atom stereocenters. The number of hydrogen-bond acceptors (Lipinski definition) is 3. The van der Waals surface area contributed by atoms with Gasteiger partial charge in [0.05, 0.1) is 6.42 Å². The molecule has 44 valence electrons. The van der Waals surface area contributed by atoms with Crippen molar-refractivity contribution >= 4 is 12.3 Å². The maximum Gasteiger partial charge on any atom is 0.306 e. The molecule has 0 aliphatic carbocycles. The summed E-state index contributed by atoms with van der Waals surface area (Å²) in [5.41, 5.74) is 0. The molecule has 0 aromatic heterocycles. The van der Waals surface area contributed by atoms with Crippen LogP contribution in [-0.4, -0.2) is 12.3 Å². The SMILES string of the molecule is [CH2]OC(=O)CC[C]=O.